The maximum absolute atomic E-state index is 12.9. The largest absolute Gasteiger partial charge is 0.496 e. The van der Waals surface area contributed by atoms with E-state index in [-0.39, 0.29) is 5.82 Å². The van der Waals surface area contributed by atoms with Crippen LogP contribution >= 0.6 is 0 Å². The van der Waals surface area contributed by atoms with Gasteiger partial charge in [-0.1, -0.05) is 12.0 Å². The van der Waals surface area contributed by atoms with Crippen LogP contribution in [0.15, 0.2) is 18.2 Å². The van der Waals surface area contributed by atoms with Crippen LogP contribution in [-0.2, 0) is 5.41 Å². The summed E-state index contributed by atoms with van der Waals surface area (Å²) >= 11 is 0. The zero-order valence-corrected chi connectivity index (χ0v) is 8.60. The first kappa shape index (κ1) is 10.6. The monoisotopic (exact) mass is 192 g/mol. The predicted molar refractivity (Wildman–Crippen MR) is 54.8 cm³/mol. The maximum atomic E-state index is 12.9. The molecule has 0 bridgehead atoms. The van der Waals surface area contributed by atoms with Crippen LogP contribution in [0.25, 0.3) is 0 Å². The summed E-state index contributed by atoms with van der Waals surface area (Å²) in [5, 5.41) is 0. The molecule has 0 fully saturated rings. The van der Waals surface area contributed by atoms with Crippen LogP contribution in [0, 0.1) is 18.2 Å². The van der Waals surface area contributed by atoms with E-state index in [4.69, 9.17) is 11.2 Å². The highest BCUT2D eigenvalue weighted by molar-refractivity contribution is 5.43. The Kier molecular flexibility index (Phi) is 2.81. The topological polar surface area (TPSA) is 9.23 Å². The second-order valence-electron chi connectivity index (χ2n) is 3.61. The summed E-state index contributed by atoms with van der Waals surface area (Å²) in [5.41, 5.74) is 0.378. The molecule has 0 aliphatic heterocycles. The Morgan fingerprint density at radius 1 is 1.43 bits per heavy atom. The van der Waals surface area contributed by atoms with E-state index in [2.05, 4.69) is 5.92 Å². The van der Waals surface area contributed by atoms with Crippen molar-refractivity contribution in [3.63, 3.8) is 0 Å². The van der Waals surface area contributed by atoms with E-state index in [0.29, 0.717) is 5.75 Å². The van der Waals surface area contributed by atoms with Crippen LogP contribution in [0.4, 0.5) is 4.39 Å². The van der Waals surface area contributed by atoms with E-state index >= 15 is 0 Å². The summed E-state index contributed by atoms with van der Waals surface area (Å²) in [4.78, 5) is 0. The van der Waals surface area contributed by atoms with E-state index in [0.717, 1.165) is 5.56 Å². The number of ether oxygens (including phenoxy) is 1. The van der Waals surface area contributed by atoms with E-state index in [1.54, 1.807) is 6.07 Å². The Bertz CT molecular complexity index is 374. The number of hydrogen-bond acceptors (Lipinski definition) is 1. The minimum atomic E-state index is -0.445. The lowest BCUT2D eigenvalue weighted by molar-refractivity contribution is 0.399. The number of hydrogen-bond donors (Lipinski definition) is 0. The molecule has 0 aliphatic carbocycles. The number of halogens is 1. The molecular weight excluding hydrogens is 179 g/mol. The van der Waals surface area contributed by atoms with Crippen LogP contribution < -0.4 is 4.74 Å². The smallest absolute Gasteiger partial charge is 0.126 e. The van der Waals surface area contributed by atoms with Gasteiger partial charge >= 0.3 is 0 Å². The molecule has 0 atom stereocenters. The molecule has 0 saturated heterocycles. The number of methoxy groups -OCH3 is 1. The zero-order valence-electron chi connectivity index (χ0n) is 8.60. The quantitative estimate of drug-likeness (QED) is 0.655. The lowest BCUT2D eigenvalue weighted by Crippen LogP contribution is -2.15. The second-order valence-corrected chi connectivity index (χ2v) is 3.61. The summed E-state index contributed by atoms with van der Waals surface area (Å²) in [6.45, 7) is 3.78. The van der Waals surface area contributed by atoms with Crippen molar-refractivity contribution in [3.05, 3.63) is 29.6 Å². The van der Waals surface area contributed by atoms with Gasteiger partial charge < -0.3 is 4.74 Å². The molecule has 0 saturated carbocycles. The average molecular weight is 192 g/mol. The van der Waals surface area contributed by atoms with Crippen molar-refractivity contribution in [2.75, 3.05) is 7.11 Å². The van der Waals surface area contributed by atoms with Crippen molar-refractivity contribution in [2.24, 2.45) is 0 Å². The number of terminal acetylenes is 1. The van der Waals surface area contributed by atoms with Gasteiger partial charge in [0.2, 0.25) is 0 Å². The van der Waals surface area contributed by atoms with Crippen LogP contribution in [0.1, 0.15) is 19.4 Å². The highest BCUT2D eigenvalue weighted by atomic mass is 19.1. The van der Waals surface area contributed by atoms with Crippen LogP contribution in [0.5, 0.6) is 5.75 Å². The normalized spacial score (nSPS) is 10.8. The first-order valence-electron chi connectivity index (χ1n) is 4.33. The molecule has 14 heavy (non-hydrogen) atoms. The number of benzene rings is 1. The summed E-state index contributed by atoms with van der Waals surface area (Å²) in [5.74, 6) is 2.82. The Balaban J connectivity index is 3.29. The molecule has 1 nitrogen and oxygen atoms in total. The first-order chi connectivity index (χ1) is 6.51. The van der Waals surface area contributed by atoms with Gasteiger partial charge in [0.15, 0.2) is 0 Å². The minimum Gasteiger partial charge on any atom is -0.496 e. The van der Waals surface area contributed by atoms with Gasteiger partial charge in [-0.3, -0.25) is 0 Å². The fourth-order valence-electron chi connectivity index (χ4n) is 1.26. The van der Waals surface area contributed by atoms with E-state index in [9.17, 15) is 4.39 Å². The first-order valence-corrected chi connectivity index (χ1v) is 4.33. The van der Waals surface area contributed by atoms with Crippen molar-refractivity contribution in [2.45, 2.75) is 19.3 Å². The molecule has 2 heteroatoms. The SMILES string of the molecule is C#CC(C)(C)c1ccc(F)cc1OC. The standard InChI is InChI=1S/C12H13FO/c1-5-12(2,3)10-7-6-9(13)8-11(10)14-4/h1,6-8H,2-4H3. The lowest BCUT2D eigenvalue weighted by atomic mass is 9.85. The third-order valence-corrected chi connectivity index (χ3v) is 2.20. The molecule has 0 spiro atoms. The van der Waals surface area contributed by atoms with Gasteiger partial charge in [0.1, 0.15) is 11.6 Å². The Morgan fingerprint density at radius 2 is 2.07 bits per heavy atom. The Labute approximate surface area is 83.9 Å². The maximum Gasteiger partial charge on any atom is 0.126 e. The Morgan fingerprint density at radius 3 is 2.57 bits per heavy atom. The summed E-state index contributed by atoms with van der Waals surface area (Å²) < 4.78 is 18.0. The third kappa shape index (κ3) is 1.88. The van der Waals surface area contributed by atoms with Crippen LogP contribution in [0.3, 0.4) is 0 Å². The van der Waals surface area contributed by atoms with Crippen molar-refractivity contribution < 1.29 is 9.13 Å². The van der Waals surface area contributed by atoms with Crippen molar-refractivity contribution in [3.8, 4) is 18.1 Å². The molecule has 0 aromatic heterocycles. The van der Waals surface area contributed by atoms with Crippen molar-refractivity contribution >= 4 is 0 Å². The molecule has 0 amide bonds. The molecular formula is C12H13FO. The van der Waals surface area contributed by atoms with Gasteiger partial charge in [-0.25, -0.2) is 4.39 Å². The molecule has 74 valence electrons. The van der Waals surface area contributed by atoms with Gasteiger partial charge in [0.05, 0.1) is 12.5 Å². The van der Waals surface area contributed by atoms with E-state index in [1.165, 1.54) is 19.2 Å². The molecule has 1 rings (SSSR count). The van der Waals surface area contributed by atoms with Gasteiger partial charge in [-0.2, -0.15) is 0 Å². The van der Waals surface area contributed by atoms with E-state index in [1.807, 2.05) is 13.8 Å². The molecule has 0 aliphatic rings. The zero-order chi connectivity index (χ0) is 10.8. The van der Waals surface area contributed by atoms with Gasteiger partial charge in [-0.15, -0.1) is 6.42 Å². The minimum absolute atomic E-state index is 0.321. The molecule has 1 aromatic carbocycles. The van der Waals surface area contributed by atoms with Crippen molar-refractivity contribution in [1.82, 2.24) is 0 Å². The summed E-state index contributed by atoms with van der Waals surface area (Å²) in [7, 11) is 1.50. The molecule has 1 aromatic rings. The van der Waals surface area contributed by atoms with Crippen molar-refractivity contribution in [1.29, 1.82) is 0 Å². The number of rotatable bonds is 2. The predicted octanol–water partition coefficient (Wildman–Crippen LogP) is 2.75. The summed E-state index contributed by atoms with van der Waals surface area (Å²) in [6.07, 6.45) is 5.40. The van der Waals surface area contributed by atoms with E-state index < -0.39 is 5.41 Å². The van der Waals surface area contributed by atoms with Crippen LogP contribution in [0.2, 0.25) is 0 Å². The average Bonchev–Trinajstić information content (AvgIpc) is 2.17. The van der Waals surface area contributed by atoms with Gasteiger partial charge in [0.25, 0.3) is 0 Å². The molecule has 0 heterocycles. The van der Waals surface area contributed by atoms with Gasteiger partial charge in [0, 0.05) is 11.6 Å². The summed E-state index contributed by atoms with van der Waals surface area (Å²) in [6, 6.07) is 4.39. The second kappa shape index (κ2) is 3.71. The molecule has 0 radical (unpaired) electrons. The molecule has 0 N–H and O–H groups in total. The highest BCUT2D eigenvalue weighted by Gasteiger charge is 2.21. The van der Waals surface area contributed by atoms with Crippen LogP contribution in [-0.4, -0.2) is 7.11 Å². The lowest BCUT2D eigenvalue weighted by Gasteiger charge is -2.20. The fourth-order valence-corrected chi connectivity index (χ4v) is 1.26. The highest BCUT2D eigenvalue weighted by Crippen LogP contribution is 2.31. The molecule has 0 unspecified atom stereocenters. The Hall–Kier alpha value is -1.49. The fraction of sp³-hybridized carbons (Fsp3) is 0.333. The van der Waals surface area contributed by atoms with Gasteiger partial charge in [-0.05, 0) is 19.9 Å². The third-order valence-electron chi connectivity index (χ3n) is 2.20.